The second kappa shape index (κ2) is 7.50. The fraction of sp³-hybridized carbons (Fsp3) is 0.286. The lowest BCUT2D eigenvalue weighted by molar-refractivity contribution is -0.274. The Morgan fingerprint density at radius 1 is 1.38 bits per heavy atom. The molecule has 0 aliphatic carbocycles. The van der Waals surface area contributed by atoms with Crippen LogP contribution in [0.5, 0.6) is 5.75 Å². The van der Waals surface area contributed by atoms with Gasteiger partial charge in [-0.25, -0.2) is 13.4 Å². The molecule has 0 unspecified atom stereocenters. The van der Waals surface area contributed by atoms with Crippen LogP contribution in [-0.4, -0.2) is 30.8 Å². The van der Waals surface area contributed by atoms with Crippen LogP contribution in [-0.2, 0) is 27.7 Å². The molecule has 2 rings (SSSR count). The number of halogens is 3. The smallest absolute Gasteiger partial charge is 0.481 e. The molecular formula is C14H13F3N2O5S2. The highest BCUT2D eigenvalue weighted by atomic mass is 32.2. The Morgan fingerprint density at radius 3 is 2.65 bits per heavy atom. The third-order valence-corrected chi connectivity index (χ3v) is 5.42. The quantitative estimate of drug-likeness (QED) is 0.727. The molecule has 0 radical (unpaired) electrons. The Bertz CT molecular complexity index is 910. The minimum Gasteiger partial charge on any atom is -0.481 e. The van der Waals surface area contributed by atoms with Crippen LogP contribution in [0.2, 0.25) is 0 Å². The molecule has 2 N–H and O–H groups in total. The van der Waals surface area contributed by atoms with Gasteiger partial charge in [0.25, 0.3) is 10.0 Å². The average molecular weight is 410 g/mol. The minimum absolute atomic E-state index is 0.0427. The molecular weight excluding hydrogens is 397 g/mol. The highest BCUT2D eigenvalue weighted by Crippen LogP contribution is 2.29. The first kappa shape index (κ1) is 20.0. The van der Waals surface area contributed by atoms with Crippen LogP contribution in [0.3, 0.4) is 0 Å². The highest BCUT2D eigenvalue weighted by Gasteiger charge is 2.31. The van der Waals surface area contributed by atoms with Crippen LogP contribution in [0.4, 0.5) is 18.3 Å². The maximum absolute atomic E-state index is 12.5. The number of nitrogens with zero attached hydrogens (tertiary/aromatic N) is 1. The lowest BCUT2D eigenvalue weighted by Crippen LogP contribution is -2.18. The predicted molar refractivity (Wildman–Crippen MR) is 86.8 cm³/mol. The number of rotatable bonds is 7. The van der Waals surface area contributed by atoms with Gasteiger partial charge in [-0.3, -0.25) is 9.52 Å². The lowest BCUT2D eigenvalue weighted by atomic mass is 10.1. The number of thiazole rings is 1. The standard InChI is InChI=1S/C14H13F3N2O5S2/c1-2-8-5-10(24-14(15,16)17)3-4-11(8)26(22,23)19-13-18-9(7-25-13)6-12(20)21/h3-5,7H,2,6H2,1H3,(H,18,19)(H,20,21). The average Bonchev–Trinajstić information content (AvgIpc) is 2.90. The van der Waals surface area contributed by atoms with Gasteiger partial charge in [-0.05, 0) is 30.2 Å². The van der Waals surface area contributed by atoms with E-state index < -0.39 is 28.1 Å². The van der Waals surface area contributed by atoms with Crippen molar-refractivity contribution in [3.63, 3.8) is 0 Å². The molecule has 0 saturated heterocycles. The number of aromatic nitrogens is 1. The van der Waals surface area contributed by atoms with E-state index in [-0.39, 0.29) is 34.1 Å². The molecule has 0 atom stereocenters. The minimum atomic E-state index is -4.88. The Labute approximate surface area is 150 Å². The number of hydrogen-bond acceptors (Lipinski definition) is 6. The van der Waals surface area contributed by atoms with Crippen LogP contribution in [0.25, 0.3) is 0 Å². The third kappa shape index (κ3) is 5.33. The maximum Gasteiger partial charge on any atom is 0.573 e. The van der Waals surface area contributed by atoms with Gasteiger partial charge in [-0.1, -0.05) is 6.92 Å². The number of hydrogen-bond donors (Lipinski definition) is 2. The van der Waals surface area contributed by atoms with Crippen molar-refractivity contribution in [2.24, 2.45) is 0 Å². The highest BCUT2D eigenvalue weighted by molar-refractivity contribution is 7.93. The molecule has 26 heavy (non-hydrogen) atoms. The number of carboxylic acid groups (broad SMARTS) is 1. The number of sulfonamides is 1. The summed E-state index contributed by atoms with van der Waals surface area (Å²) in [7, 11) is -4.12. The van der Waals surface area contributed by atoms with Crippen molar-refractivity contribution in [2.75, 3.05) is 4.72 Å². The first-order valence-electron chi connectivity index (χ1n) is 7.08. The van der Waals surface area contributed by atoms with Gasteiger partial charge in [-0.15, -0.1) is 24.5 Å². The molecule has 0 spiro atoms. The molecule has 0 fully saturated rings. The fourth-order valence-corrected chi connectivity index (χ4v) is 4.31. The lowest BCUT2D eigenvalue weighted by Gasteiger charge is -2.13. The van der Waals surface area contributed by atoms with Gasteiger partial charge >= 0.3 is 12.3 Å². The molecule has 7 nitrogen and oxygen atoms in total. The van der Waals surface area contributed by atoms with E-state index in [1.54, 1.807) is 6.92 Å². The summed E-state index contributed by atoms with van der Waals surface area (Å²) in [4.78, 5) is 14.3. The van der Waals surface area contributed by atoms with Crippen molar-refractivity contribution in [2.45, 2.75) is 31.0 Å². The third-order valence-electron chi connectivity index (χ3n) is 3.04. The van der Waals surface area contributed by atoms with Gasteiger partial charge in [0.05, 0.1) is 17.0 Å². The second-order valence-electron chi connectivity index (χ2n) is 4.99. The number of ether oxygens (including phenoxy) is 1. The fourth-order valence-electron chi connectivity index (χ4n) is 2.05. The number of benzene rings is 1. The largest absolute Gasteiger partial charge is 0.573 e. The summed E-state index contributed by atoms with van der Waals surface area (Å²) in [6.45, 7) is 1.58. The topological polar surface area (TPSA) is 106 Å². The predicted octanol–water partition coefficient (Wildman–Crippen LogP) is 3.03. The van der Waals surface area contributed by atoms with Crippen LogP contribution >= 0.6 is 11.3 Å². The van der Waals surface area contributed by atoms with E-state index in [9.17, 15) is 26.4 Å². The number of aliphatic carboxylic acids is 1. The van der Waals surface area contributed by atoms with Crippen LogP contribution in [0.1, 0.15) is 18.2 Å². The normalized spacial score (nSPS) is 12.0. The van der Waals surface area contributed by atoms with Crippen molar-refractivity contribution in [1.29, 1.82) is 0 Å². The molecule has 0 aliphatic rings. The summed E-state index contributed by atoms with van der Waals surface area (Å²) in [5, 5.41) is 10.0. The molecule has 0 amide bonds. The van der Waals surface area contributed by atoms with Gasteiger partial charge in [0.15, 0.2) is 5.13 Å². The Kier molecular flexibility index (Phi) is 5.76. The number of nitrogens with one attached hydrogen (secondary N) is 1. The summed E-state index contributed by atoms with van der Waals surface area (Å²) in [5.41, 5.74) is 0.311. The zero-order valence-electron chi connectivity index (χ0n) is 13.2. The first-order valence-corrected chi connectivity index (χ1v) is 9.44. The van der Waals surface area contributed by atoms with Crippen molar-refractivity contribution in [3.8, 4) is 5.75 Å². The molecule has 2 aromatic rings. The number of carbonyl (C=O) groups is 1. The van der Waals surface area contributed by atoms with Crippen molar-refractivity contribution >= 4 is 32.5 Å². The summed E-state index contributed by atoms with van der Waals surface area (Å²) in [6.07, 6.45) is -5.10. The number of aryl methyl sites for hydroxylation is 1. The molecule has 1 heterocycles. The summed E-state index contributed by atoms with van der Waals surface area (Å²) >= 11 is 0.899. The number of carboxylic acids is 1. The van der Waals surface area contributed by atoms with Gasteiger partial charge in [-0.2, -0.15) is 0 Å². The van der Waals surface area contributed by atoms with E-state index in [1.807, 2.05) is 0 Å². The summed E-state index contributed by atoms with van der Waals surface area (Å²) < 4.78 is 67.8. The van der Waals surface area contributed by atoms with Crippen molar-refractivity contribution in [3.05, 3.63) is 34.8 Å². The van der Waals surface area contributed by atoms with Crippen LogP contribution in [0.15, 0.2) is 28.5 Å². The molecule has 142 valence electrons. The number of alkyl halides is 3. The van der Waals surface area contributed by atoms with Crippen LogP contribution < -0.4 is 9.46 Å². The van der Waals surface area contributed by atoms with Crippen molar-refractivity contribution in [1.82, 2.24) is 4.98 Å². The molecule has 0 aliphatic heterocycles. The van der Waals surface area contributed by atoms with Crippen molar-refractivity contribution < 1.29 is 36.2 Å². The van der Waals surface area contributed by atoms with E-state index in [0.717, 1.165) is 29.5 Å². The van der Waals surface area contributed by atoms with Gasteiger partial charge in [0.2, 0.25) is 0 Å². The second-order valence-corrected chi connectivity index (χ2v) is 7.50. The van der Waals surface area contributed by atoms with Gasteiger partial charge in [0, 0.05) is 5.38 Å². The van der Waals surface area contributed by atoms with Gasteiger partial charge < -0.3 is 9.84 Å². The monoisotopic (exact) mass is 410 g/mol. The van der Waals surface area contributed by atoms with E-state index in [0.29, 0.717) is 0 Å². The van der Waals surface area contributed by atoms with E-state index in [2.05, 4.69) is 14.4 Å². The maximum atomic E-state index is 12.5. The molecule has 12 heteroatoms. The molecule has 0 saturated carbocycles. The molecule has 1 aromatic carbocycles. The zero-order chi connectivity index (χ0) is 19.5. The van der Waals surface area contributed by atoms with Gasteiger partial charge in [0.1, 0.15) is 5.75 Å². The Balaban J connectivity index is 2.27. The zero-order valence-corrected chi connectivity index (χ0v) is 14.8. The SMILES string of the molecule is CCc1cc(OC(F)(F)F)ccc1S(=O)(=O)Nc1nc(CC(=O)O)cs1. The Morgan fingerprint density at radius 2 is 2.08 bits per heavy atom. The molecule has 0 bridgehead atoms. The number of anilines is 1. The van der Waals surface area contributed by atoms with E-state index >= 15 is 0 Å². The summed E-state index contributed by atoms with van der Waals surface area (Å²) in [5.74, 6) is -1.63. The van der Waals surface area contributed by atoms with E-state index in [4.69, 9.17) is 5.11 Å². The van der Waals surface area contributed by atoms with E-state index in [1.165, 1.54) is 5.38 Å². The molecule has 1 aromatic heterocycles. The Hall–Kier alpha value is -2.34. The van der Waals surface area contributed by atoms with Crippen LogP contribution in [0, 0.1) is 0 Å². The summed E-state index contributed by atoms with van der Waals surface area (Å²) in [6, 6.07) is 2.91. The first-order chi connectivity index (χ1) is 12.0.